The van der Waals surface area contributed by atoms with Gasteiger partial charge in [-0.2, -0.15) is 0 Å². The molecule has 0 radical (unpaired) electrons. The Hall–Kier alpha value is -2.44. The summed E-state index contributed by atoms with van der Waals surface area (Å²) in [6.07, 6.45) is 2.38. The maximum absolute atomic E-state index is 13.0. The molecule has 1 amide bonds. The van der Waals surface area contributed by atoms with E-state index in [1.165, 1.54) is 0 Å². The van der Waals surface area contributed by atoms with Gasteiger partial charge in [-0.1, -0.05) is 19.9 Å². The van der Waals surface area contributed by atoms with Gasteiger partial charge in [0, 0.05) is 57.4 Å². The molecule has 6 heterocycles. The minimum absolute atomic E-state index is 0.0150. The Bertz CT molecular complexity index is 1200. The summed E-state index contributed by atoms with van der Waals surface area (Å²) in [4.78, 5) is 42.1. The Morgan fingerprint density at radius 1 is 0.976 bits per heavy atom. The molecule has 8 atom stereocenters. The number of rotatable bonds is 6. The quantitative estimate of drug-likeness (QED) is 0.363. The van der Waals surface area contributed by atoms with Gasteiger partial charge in [0.05, 0.1) is 6.42 Å². The van der Waals surface area contributed by atoms with Crippen LogP contribution in [0, 0.1) is 23.7 Å². The van der Waals surface area contributed by atoms with Gasteiger partial charge in [0.2, 0.25) is 24.8 Å². The molecule has 0 aromatic heterocycles. The normalized spacial score (nSPS) is 39.0. The van der Waals surface area contributed by atoms with Crippen LogP contribution in [0.1, 0.15) is 64.9 Å². The van der Waals surface area contributed by atoms with Gasteiger partial charge >= 0.3 is 5.97 Å². The largest absolute Gasteiger partial charge is 0.454 e. The number of benzene rings is 1. The maximum atomic E-state index is 13.0. The number of hydrogen-bond acceptors (Lipinski definition) is 10. The molecule has 8 rings (SSSR count). The van der Waals surface area contributed by atoms with Crippen LogP contribution >= 0.6 is 0 Å². The molecule has 3 unspecified atom stereocenters. The van der Waals surface area contributed by atoms with E-state index in [9.17, 15) is 9.59 Å². The van der Waals surface area contributed by atoms with Crippen molar-refractivity contribution in [1.82, 2.24) is 9.80 Å². The van der Waals surface area contributed by atoms with Crippen LogP contribution in [0.5, 0.6) is 11.5 Å². The topological polar surface area (TPSA) is 105 Å². The Morgan fingerprint density at radius 2 is 1.79 bits per heavy atom. The Kier molecular flexibility index (Phi) is 7.37. The van der Waals surface area contributed by atoms with Crippen LogP contribution < -0.4 is 9.47 Å². The minimum atomic E-state index is -0.881. The van der Waals surface area contributed by atoms with Crippen molar-refractivity contribution in [2.45, 2.75) is 89.8 Å². The SMILES string of the molecule is C[C@@H]1CCC2[C@@H](C)[C@H](OC(=O)CCC(=O)N3CCN(Cc4ccc5c(c4)OCO5)CC3)O[C@@H]3OC4(C)CCC1[C@@]23OO4. The van der Waals surface area contributed by atoms with Crippen molar-refractivity contribution in [3.8, 4) is 11.5 Å². The number of ether oxygens (including phenoxy) is 5. The molecule has 1 spiro atoms. The molecular weight excluding hydrogens is 544 g/mol. The predicted octanol–water partition coefficient (Wildman–Crippen LogP) is 3.59. The average Bonchev–Trinajstić information content (AvgIpc) is 3.33. The summed E-state index contributed by atoms with van der Waals surface area (Å²) in [5.41, 5.74) is 0.456. The number of hydrogen-bond donors (Lipinski definition) is 0. The Balaban J connectivity index is 0.904. The van der Waals surface area contributed by atoms with Crippen molar-refractivity contribution >= 4 is 11.9 Å². The molecule has 2 bridgehead atoms. The van der Waals surface area contributed by atoms with Crippen LogP contribution in [0.15, 0.2) is 18.2 Å². The van der Waals surface area contributed by atoms with E-state index in [1.54, 1.807) is 0 Å². The smallest absolute Gasteiger partial charge is 0.308 e. The lowest BCUT2D eigenvalue weighted by Gasteiger charge is -2.59. The first-order chi connectivity index (χ1) is 20.2. The Labute approximate surface area is 246 Å². The number of esters is 1. The first-order valence-corrected chi connectivity index (χ1v) is 15.5. The van der Waals surface area contributed by atoms with Crippen LogP contribution in [0.25, 0.3) is 0 Å². The summed E-state index contributed by atoms with van der Waals surface area (Å²) >= 11 is 0. The van der Waals surface area contributed by atoms with Gasteiger partial charge < -0.3 is 28.6 Å². The number of carbonyl (C=O) groups excluding carboxylic acids is 2. The van der Waals surface area contributed by atoms with E-state index in [-0.39, 0.29) is 43.3 Å². The summed E-state index contributed by atoms with van der Waals surface area (Å²) in [5, 5.41) is 0. The fourth-order valence-corrected chi connectivity index (χ4v) is 8.02. The van der Waals surface area contributed by atoms with Crippen molar-refractivity contribution in [3.63, 3.8) is 0 Å². The molecule has 11 nitrogen and oxygen atoms in total. The molecule has 1 aromatic rings. The monoisotopic (exact) mass is 586 g/mol. The van der Waals surface area contributed by atoms with Crippen molar-refractivity contribution in [2.75, 3.05) is 33.0 Å². The number of amides is 1. The van der Waals surface area contributed by atoms with E-state index in [1.807, 2.05) is 30.0 Å². The van der Waals surface area contributed by atoms with E-state index in [2.05, 4.69) is 18.7 Å². The lowest BCUT2D eigenvalue weighted by molar-refractivity contribution is -0.576. The van der Waals surface area contributed by atoms with Gasteiger partial charge in [0.25, 0.3) is 0 Å². The first kappa shape index (κ1) is 28.3. The fourth-order valence-electron chi connectivity index (χ4n) is 8.02. The van der Waals surface area contributed by atoms with Crippen molar-refractivity contribution in [1.29, 1.82) is 0 Å². The molecule has 1 aromatic carbocycles. The fraction of sp³-hybridized carbons (Fsp3) is 0.742. The standard InChI is InChI=1S/C31H42N2O9/c1-19-4-6-23-20(2)28(39-29-31(23)22(19)10-11-30(3,40-29)41-42-31)38-27(35)9-8-26(34)33-14-12-32(13-15-33)17-21-5-7-24-25(16-21)37-18-36-24/h5,7,16,19-20,22-23,28-29H,4,6,8-15,17-18H2,1-3H3/t19-,20-,22?,23?,28-,29-,30?,31-/m1/s1. The van der Waals surface area contributed by atoms with Crippen LogP contribution in [0.3, 0.4) is 0 Å². The highest BCUT2D eigenvalue weighted by Crippen LogP contribution is 2.60. The number of fused-ring (bicyclic) bond motifs is 3. The van der Waals surface area contributed by atoms with Crippen LogP contribution in [-0.4, -0.2) is 78.6 Å². The van der Waals surface area contributed by atoms with Crippen LogP contribution in [0.4, 0.5) is 0 Å². The number of nitrogens with zero attached hydrogens (tertiary/aromatic N) is 2. The third-order valence-electron chi connectivity index (χ3n) is 10.5. The zero-order valence-corrected chi connectivity index (χ0v) is 24.8. The number of carbonyl (C=O) groups is 2. The van der Waals surface area contributed by atoms with Gasteiger partial charge in [-0.25, -0.2) is 9.78 Å². The van der Waals surface area contributed by atoms with Gasteiger partial charge in [0.15, 0.2) is 23.4 Å². The second-order valence-electron chi connectivity index (χ2n) is 13.1. The summed E-state index contributed by atoms with van der Waals surface area (Å²) in [7, 11) is 0. The van der Waals surface area contributed by atoms with Crippen molar-refractivity contribution in [2.24, 2.45) is 23.7 Å². The minimum Gasteiger partial charge on any atom is -0.454 e. The molecule has 7 aliphatic rings. The molecule has 6 fully saturated rings. The van der Waals surface area contributed by atoms with E-state index in [0.717, 1.165) is 62.4 Å². The zero-order valence-electron chi connectivity index (χ0n) is 24.8. The summed E-state index contributed by atoms with van der Waals surface area (Å²) in [6.45, 7) is 10.0. The highest BCUT2D eigenvalue weighted by atomic mass is 17.3. The van der Waals surface area contributed by atoms with Gasteiger partial charge in [0.1, 0.15) is 0 Å². The molecule has 1 aliphatic carbocycles. The first-order valence-electron chi connectivity index (χ1n) is 15.5. The molecule has 6 aliphatic heterocycles. The van der Waals surface area contributed by atoms with Gasteiger partial charge in [-0.3, -0.25) is 14.5 Å². The molecule has 230 valence electrons. The third-order valence-corrected chi connectivity index (χ3v) is 10.5. The predicted molar refractivity (Wildman–Crippen MR) is 147 cm³/mol. The second kappa shape index (κ2) is 10.9. The van der Waals surface area contributed by atoms with Gasteiger partial charge in [-0.15, -0.1) is 0 Å². The average molecular weight is 587 g/mol. The third kappa shape index (κ3) is 4.96. The van der Waals surface area contributed by atoms with E-state index in [4.69, 9.17) is 33.5 Å². The lowest BCUT2D eigenvalue weighted by atomic mass is 9.58. The van der Waals surface area contributed by atoms with E-state index >= 15 is 0 Å². The summed E-state index contributed by atoms with van der Waals surface area (Å²) < 4.78 is 29.4. The zero-order chi connectivity index (χ0) is 29.1. The number of piperazine rings is 1. The lowest BCUT2D eigenvalue weighted by Crippen LogP contribution is -2.70. The van der Waals surface area contributed by atoms with Crippen molar-refractivity contribution < 1.29 is 43.0 Å². The molecule has 11 heteroatoms. The maximum Gasteiger partial charge on any atom is 0.308 e. The molecular formula is C31H42N2O9. The highest BCUT2D eigenvalue weighted by molar-refractivity contribution is 5.81. The molecule has 5 saturated heterocycles. The molecule has 0 N–H and O–H groups in total. The van der Waals surface area contributed by atoms with Crippen molar-refractivity contribution in [3.05, 3.63) is 23.8 Å². The van der Waals surface area contributed by atoms with E-state index < -0.39 is 29.9 Å². The van der Waals surface area contributed by atoms with Crippen LogP contribution in [-0.2, 0) is 40.1 Å². The molecule has 1 saturated carbocycles. The molecule has 42 heavy (non-hydrogen) atoms. The van der Waals surface area contributed by atoms with E-state index in [0.29, 0.717) is 19.0 Å². The summed E-state index contributed by atoms with van der Waals surface area (Å²) in [5.74, 6) is 0.913. The van der Waals surface area contributed by atoms with Crippen LogP contribution in [0.2, 0.25) is 0 Å². The summed E-state index contributed by atoms with van der Waals surface area (Å²) in [6, 6.07) is 6.01. The Morgan fingerprint density at radius 3 is 2.62 bits per heavy atom. The van der Waals surface area contributed by atoms with Gasteiger partial charge in [-0.05, 0) is 55.7 Å². The second-order valence-corrected chi connectivity index (χ2v) is 13.1. The highest BCUT2D eigenvalue weighted by Gasteiger charge is 2.69.